The first-order valence-electron chi connectivity index (χ1n) is 6.54. The van der Waals surface area contributed by atoms with Crippen molar-refractivity contribution in [2.24, 2.45) is 0 Å². The Hall–Kier alpha value is -1.10. The van der Waals surface area contributed by atoms with Gasteiger partial charge >= 0.3 is 0 Å². The van der Waals surface area contributed by atoms with Gasteiger partial charge in [0.2, 0.25) is 0 Å². The van der Waals surface area contributed by atoms with Gasteiger partial charge in [0, 0.05) is 70.8 Å². The molecule has 1 aromatic carbocycles. The highest BCUT2D eigenvalue weighted by atomic mass is 127. The van der Waals surface area contributed by atoms with Gasteiger partial charge in [-0.2, -0.15) is 0 Å². The summed E-state index contributed by atoms with van der Waals surface area (Å²) in [5.74, 6) is -0.370. The zero-order chi connectivity index (χ0) is 16.4. The van der Waals surface area contributed by atoms with Crippen molar-refractivity contribution in [3.05, 3.63) is 53.7 Å². The average Bonchev–Trinajstić information content (AvgIpc) is 2.98. The lowest BCUT2D eigenvalue weighted by molar-refractivity contribution is 0.279. The van der Waals surface area contributed by atoms with E-state index in [0.29, 0.717) is 16.2 Å². The topological polar surface area (TPSA) is 61.9 Å². The van der Waals surface area contributed by atoms with E-state index in [9.17, 15) is 9.50 Å². The Balaban J connectivity index is 2.12. The number of aliphatic hydroxyl groups excluding tert-OH is 1. The molecule has 0 saturated carbocycles. The fraction of sp³-hybridized carbons (Fsp3) is 0.0667. The van der Waals surface area contributed by atoms with Crippen molar-refractivity contribution in [3.8, 4) is 0 Å². The number of pyridine rings is 1. The van der Waals surface area contributed by atoms with Crippen molar-refractivity contribution in [2.45, 2.75) is 16.4 Å². The molecule has 0 aliphatic heterocycles. The standard InChI is InChI=1S/C15H11FIN3OS2/c16-13-6-14-11(2-4-20(14)23-17)12(8-21)15(13)22-10-1-3-19-9(5-10)7-18/h1-7,18,21H,8H2. The van der Waals surface area contributed by atoms with Gasteiger partial charge in [-0.3, -0.25) is 8.96 Å². The summed E-state index contributed by atoms with van der Waals surface area (Å²) < 4.78 is 16.5. The van der Waals surface area contributed by atoms with E-state index in [1.54, 1.807) is 18.3 Å². The molecule has 4 nitrogen and oxygen atoms in total. The largest absolute Gasteiger partial charge is 0.392 e. The molecule has 8 heteroatoms. The van der Waals surface area contributed by atoms with Gasteiger partial charge in [-0.25, -0.2) is 4.39 Å². The van der Waals surface area contributed by atoms with E-state index in [2.05, 4.69) is 26.2 Å². The molecule has 0 atom stereocenters. The van der Waals surface area contributed by atoms with Crippen molar-refractivity contribution in [3.63, 3.8) is 0 Å². The van der Waals surface area contributed by atoms with Crippen LogP contribution in [0.2, 0.25) is 0 Å². The van der Waals surface area contributed by atoms with Gasteiger partial charge < -0.3 is 10.5 Å². The summed E-state index contributed by atoms with van der Waals surface area (Å²) in [5, 5.41) is 17.8. The number of halogens is 2. The monoisotopic (exact) mass is 459 g/mol. The molecular formula is C15H11FIN3OS2. The fourth-order valence-electron chi connectivity index (χ4n) is 2.29. The van der Waals surface area contributed by atoms with E-state index in [1.165, 1.54) is 26.9 Å². The van der Waals surface area contributed by atoms with Crippen LogP contribution < -0.4 is 0 Å². The Morgan fingerprint density at radius 1 is 1.39 bits per heavy atom. The van der Waals surface area contributed by atoms with E-state index < -0.39 is 0 Å². The molecule has 118 valence electrons. The first kappa shape index (κ1) is 16.7. The van der Waals surface area contributed by atoms with Crippen LogP contribution in [0, 0.1) is 11.2 Å². The van der Waals surface area contributed by atoms with Gasteiger partial charge in [0.15, 0.2) is 0 Å². The third kappa shape index (κ3) is 3.25. The molecule has 23 heavy (non-hydrogen) atoms. The van der Waals surface area contributed by atoms with Crippen LogP contribution in [0.3, 0.4) is 0 Å². The molecule has 0 aliphatic rings. The number of aliphatic hydroxyl groups is 1. The Morgan fingerprint density at radius 3 is 2.91 bits per heavy atom. The molecule has 2 N–H and O–H groups in total. The van der Waals surface area contributed by atoms with Crippen LogP contribution in [-0.4, -0.2) is 20.3 Å². The minimum Gasteiger partial charge on any atom is -0.392 e. The fourth-order valence-corrected chi connectivity index (χ4v) is 4.65. The van der Waals surface area contributed by atoms with Crippen molar-refractivity contribution in [2.75, 3.05) is 0 Å². The number of nitrogens with one attached hydrogen (secondary N) is 1. The van der Waals surface area contributed by atoms with E-state index in [4.69, 9.17) is 5.41 Å². The third-order valence-electron chi connectivity index (χ3n) is 3.32. The molecule has 0 amide bonds. The average molecular weight is 459 g/mol. The molecule has 2 aromatic heterocycles. The molecule has 0 aliphatic carbocycles. The number of hydrogen-bond acceptors (Lipinski definition) is 5. The van der Waals surface area contributed by atoms with Gasteiger partial charge in [0.1, 0.15) is 5.82 Å². The van der Waals surface area contributed by atoms with Crippen molar-refractivity contribution < 1.29 is 9.50 Å². The van der Waals surface area contributed by atoms with Crippen LogP contribution in [0.25, 0.3) is 10.9 Å². The van der Waals surface area contributed by atoms with Crippen molar-refractivity contribution in [1.29, 1.82) is 5.41 Å². The van der Waals surface area contributed by atoms with E-state index >= 15 is 0 Å². The number of rotatable bonds is 5. The van der Waals surface area contributed by atoms with Crippen LogP contribution in [-0.2, 0) is 6.61 Å². The molecule has 3 rings (SSSR count). The Morgan fingerprint density at radius 2 is 2.22 bits per heavy atom. The highest BCUT2D eigenvalue weighted by Gasteiger charge is 2.17. The highest BCUT2D eigenvalue weighted by Crippen LogP contribution is 2.38. The lowest BCUT2D eigenvalue weighted by atomic mass is 10.1. The van der Waals surface area contributed by atoms with E-state index in [-0.39, 0.29) is 12.4 Å². The lowest BCUT2D eigenvalue weighted by Gasteiger charge is -2.11. The van der Waals surface area contributed by atoms with Crippen LogP contribution in [0.1, 0.15) is 11.3 Å². The minimum absolute atomic E-state index is 0.241. The molecule has 0 saturated heterocycles. The minimum atomic E-state index is -0.370. The van der Waals surface area contributed by atoms with Crippen molar-refractivity contribution in [1.82, 2.24) is 8.96 Å². The Kier molecular flexibility index (Phi) is 5.24. The number of benzene rings is 1. The predicted octanol–water partition coefficient (Wildman–Crippen LogP) is 4.66. The molecule has 0 unspecified atom stereocenters. The maximum atomic E-state index is 14.6. The third-order valence-corrected chi connectivity index (χ3v) is 6.20. The quantitative estimate of drug-likeness (QED) is 0.431. The Labute approximate surface area is 152 Å². The van der Waals surface area contributed by atoms with E-state index in [1.807, 2.05) is 16.2 Å². The van der Waals surface area contributed by atoms with Gasteiger partial charge in [-0.1, -0.05) is 11.8 Å². The number of hydrogen-bond donors (Lipinski definition) is 2. The van der Waals surface area contributed by atoms with Gasteiger partial charge in [0.25, 0.3) is 0 Å². The summed E-state index contributed by atoms with van der Waals surface area (Å²) in [5.41, 5.74) is 1.82. The van der Waals surface area contributed by atoms with Crippen LogP contribution in [0.4, 0.5) is 4.39 Å². The SMILES string of the molecule is N=Cc1cc(Sc2c(F)cc3c(ccn3SI)c2CO)ccn1. The molecule has 0 bridgehead atoms. The lowest BCUT2D eigenvalue weighted by Crippen LogP contribution is -1.95. The second kappa shape index (κ2) is 7.20. The zero-order valence-corrected chi connectivity index (χ0v) is 15.5. The van der Waals surface area contributed by atoms with Crippen LogP contribution >= 0.6 is 42.1 Å². The molecule has 0 fully saturated rings. The zero-order valence-electron chi connectivity index (χ0n) is 11.7. The summed E-state index contributed by atoms with van der Waals surface area (Å²) in [7, 11) is 1.45. The number of nitrogens with zero attached hydrogens (tertiary/aromatic N) is 2. The second-order valence-corrected chi connectivity index (χ2v) is 7.43. The molecule has 3 aromatic rings. The summed E-state index contributed by atoms with van der Waals surface area (Å²) in [6, 6.07) is 6.84. The van der Waals surface area contributed by atoms with Gasteiger partial charge in [-0.15, -0.1) is 0 Å². The first-order chi connectivity index (χ1) is 11.2. The summed E-state index contributed by atoms with van der Waals surface area (Å²) in [4.78, 5) is 5.20. The summed E-state index contributed by atoms with van der Waals surface area (Å²) in [6.45, 7) is -0.241. The van der Waals surface area contributed by atoms with Gasteiger partial charge in [-0.05, 0) is 18.2 Å². The molecule has 2 heterocycles. The number of aromatic nitrogens is 2. The Bertz CT molecular complexity index is 885. The van der Waals surface area contributed by atoms with E-state index in [0.717, 1.165) is 22.0 Å². The van der Waals surface area contributed by atoms with Gasteiger partial charge in [0.05, 0.1) is 22.7 Å². The second-order valence-electron chi connectivity index (χ2n) is 4.63. The molecular weight excluding hydrogens is 448 g/mol. The molecule has 0 spiro atoms. The van der Waals surface area contributed by atoms with Crippen molar-refractivity contribution >= 4 is 59.2 Å². The normalized spacial score (nSPS) is 11.1. The molecule has 0 radical (unpaired) electrons. The summed E-state index contributed by atoms with van der Waals surface area (Å²) in [6.07, 6.45) is 4.59. The van der Waals surface area contributed by atoms with Crippen LogP contribution in [0.5, 0.6) is 0 Å². The highest BCUT2D eigenvalue weighted by molar-refractivity contribution is 14.2. The first-order valence-corrected chi connectivity index (χ1v) is 10.7. The smallest absolute Gasteiger partial charge is 0.139 e. The number of fused-ring (bicyclic) bond motifs is 1. The maximum Gasteiger partial charge on any atom is 0.139 e. The van der Waals surface area contributed by atoms with Crippen LogP contribution in [0.15, 0.2) is 46.5 Å². The predicted molar refractivity (Wildman–Crippen MR) is 101 cm³/mol. The maximum absolute atomic E-state index is 14.6. The summed E-state index contributed by atoms with van der Waals surface area (Å²) >= 11 is 3.36.